The Balaban J connectivity index is 1.97. The van der Waals surface area contributed by atoms with Crippen molar-refractivity contribution in [3.8, 4) is 5.75 Å². The Labute approximate surface area is 110 Å². The van der Waals surface area contributed by atoms with E-state index in [-0.39, 0.29) is 17.5 Å². The minimum absolute atomic E-state index is 0.219. The van der Waals surface area contributed by atoms with Gasteiger partial charge in [0.05, 0.1) is 11.8 Å². The van der Waals surface area contributed by atoms with Crippen molar-refractivity contribution < 1.29 is 18.7 Å². The maximum absolute atomic E-state index is 13.7. The van der Waals surface area contributed by atoms with Gasteiger partial charge < -0.3 is 9.47 Å². The number of fused-ring (bicyclic) bond motifs is 2. The van der Waals surface area contributed by atoms with E-state index >= 15 is 0 Å². The maximum atomic E-state index is 13.7. The SMILES string of the molecule is O=C1Oc2cccc(F)c2/C=C\OC2CCCCN12. The first-order valence-corrected chi connectivity index (χ1v) is 6.35. The Bertz CT molecular complexity index is 529. The summed E-state index contributed by atoms with van der Waals surface area (Å²) in [6.07, 6.45) is 4.81. The molecule has 0 aliphatic carbocycles. The summed E-state index contributed by atoms with van der Waals surface area (Å²) in [7, 11) is 0. The van der Waals surface area contributed by atoms with Crippen molar-refractivity contribution in [1.82, 2.24) is 4.90 Å². The number of halogens is 1. The standard InChI is InChI=1S/C14H14FNO3/c15-11-4-3-5-12-10(11)7-9-18-13-6-1-2-8-16(13)14(17)19-12/h3-5,7,9,13H,1-2,6,8H2/b9-7-. The highest BCUT2D eigenvalue weighted by Gasteiger charge is 2.30. The fraction of sp³-hybridized carbons (Fsp3) is 0.357. The predicted octanol–water partition coefficient (Wildman–Crippen LogP) is 3.14. The van der Waals surface area contributed by atoms with E-state index in [1.165, 1.54) is 24.5 Å². The van der Waals surface area contributed by atoms with Crippen LogP contribution < -0.4 is 4.74 Å². The van der Waals surface area contributed by atoms with Crippen molar-refractivity contribution in [3.63, 3.8) is 0 Å². The number of hydrogen-bond acceptors (Lipinski definition) is 3. The Morgan fingerprint density at radius 1 is 1.32 bits per heavy atom. The molecule has 100 valence electrons. The van der Waals surface area contributed by atoms with Gasteiger partial charge in [0, 0.05) is 13.0 Å². The van der Waals surface area contributed by atoms with Crippen molar-refractivity contribution in [1.29, 1.82) is 0 Å². The summed E-state index contributed by atoms with van der Waals surface area (Å²) in [5.74, 6) is -0.221. The van der Waals surface area contributed by atoms with Crippen LogP contribution in [0.25, 0.3) is 6.08 Å². The topological polar surface area (TPSA) is 38.8 Å². The van der Waals surface area contributed by atoms with Crippen LogP contribution in [0.5, 0.6) is 5.75 Å². The lowest BCUT2D eigenvalue weighted by molar-refractivity contribution is -0.0177. The Morgan fingerprint density at radius 3 is 3.11 bits per heavy atom. The summed E-state index contributed by atoms with van der Waals surface area (Å²) in [6.45, 7) is 0.599. The van der Waals surface area contributed by atoms with Crippen molar-refractivity contribution >= 4 is 12.2 Å². The third kappa shape index (κ3) is 2.28. The summed E-state index contributed by atoms with van der Waals surface area (Å²) in [5, 5.41) is 0. The highest BCUT2D eigenvalue weighted by Crippen LogP contribution is 2.27. The number of rotatable bonds is 0. The summed E-state index contributed by atoms with van der Waals surface area (Å²) in [4.78, 5) is 13.7. The number of carbonyl (C=O) groups excluding carboxylic acids is 1. The quantitative estimate of drug-likeness (QED) is 0.721. The van der Waals surface area contributed by atoms with Gasteiger partial charge in [-0.05, 0) is 31.1 Å². The number of carbonyl (C=O) groups is 1. The van der Waals surface area contributed by atoms with Crippen LogP contribution in [0.2, 0.25) is 0 Å². The van der Waals surface area contributed by atoms with Gasteiger partial charge in [-0.2, -0.15) is 0 Å². The summed E-state index contributed by atoms with van der Waals surface area (Å²) in [6, 6.07) is 4.41. The van der Waals surface area contributed by atoms with Crippen molar-refractivity contribution in [2.75, 3.05) is 6.54 Å². The molecule has 0 spiro atoms. The van der Waals surface area contributed by atoms with E-state index in [2.05, 4.69) is 0 Å². The smallest absolute Gasteiger partial charge is 0.418 e. The number of ether oxygens (including phenoxy) is 2. The molecule has 5 heteroatoms. The second kappa shape index (κ2) is 4.91. The molecule has 0 saturated carbocycles. The minimum atomic E-state index is -0.486. The molecule has 4 nitrogen and oxygen atoms in total. The van der Waals surface area contributed by atoms with Gasteiger partial charge in [0.25, 0.3) is 0 Å². The van der Waals surface area contributed by atoms with Crippen LogP contribution in [0, 0.1) is 5.82 Å². The van der Waals surface area contributed by atoms with Crippen LogP contribution >= 0.6 is 0 Å². The molecular formula is C14H14FNO3. The monoisotopic (exact) mass is 263 g/mol. The van der Waals surface area contributed by atoms with Crippen molar-refractivity contribution in [2.45, 2.75) is 25.5 Å². The van der Waals surface area contributed by atoms with E-state index in [1.807, 2.05) is 0 Å². The zero-order chi connectivity index (χ0) is 13.2. The summed E-state index contributed by atoms with van der Waals surface area (Å²) in [5.41, 5.74) is 0.232. The Hall–Kier alpha value is -2.04. The molecule has 19 heavy (non-hydrogen) atoms. The van der Waals surface area contributed by atoms with E-state index in [9.17, 15) is 9.18 Å². The van der Waals surface area contributed by atoms with Gasteiger partial charge in [-0.25, -0.2) is 9.18 Å². The van der Waals surface area contributed by atoms with Gasteiger partial charge in [0.2, 0.25) is 0 Å². The number of hydrogen-bond donors (Lipinski definition) is 0. The lowest BCUT2D eigenvalue weighted by Crippen LogP contribution is -2.45. The zero-order valence-electron chi connectivity index (χ0n) is 10.3. The van der Waals surface area contributed by atoms with E-state index in [0.29, 0.717) is 6.54 Å². The molecule has 0 N–H and O–H groups in total. The fourth-order valence-corrected chi connectivity index (χ4v) is 2.37. The van der Waals surface area contributed by atoms with E-state index < -0.39 is 11.9 Å². The third-order valence-electron chi connectivity index (χ3n) is 3.36. The number of amides is 1. The third-order valence-corrected chi connectivity index (χ3v) is 3.36. The minimum Gasteiger partial charge on any atom is -0.478 e. The van der Waals surface area contributed by atoms with Crippen LogP contribution in [-0.2, 0) is 4.74 Å². The van der Waals surface area contributed by atoms with Gasteiger partial charge in [0.15, 0.2) is 6.23 Å². The molecule has 0 aromatic heterocycles. The molecular weight excluding hydrogens is 249 g/mol. The van der Waals surface area contributed by atoms with Crippen LogP contribution in [-0.4, -0.2) is 23.8 Å². The van der Waals surface area contributed by atoms with Gasteiger partial charge in [-0.3, -0.25) is 4.90 Å². The first-order chi connectivity index (χ1) is 9.25. The molecule has 0 bridgehead atoms. The lowest BCUT2D eigenvalue weighted by Gasteiger charge is -2.33. The second-order valence-electron chi connectivity index (χ2n) is 4.60. The molecule has 1 amide bonds. The second-order valence-corrected chi connectivity index (χ2v) is 4.60. The predicted molar refractivity (Wildman–Crippen MR) is 66.9 cm³/mol. The largest absolute Gasteiger partial charge is 0.478 e. The number of piperidine rings is 1. The Kier molecular flexibility index (Phi) is 3.11. The average Bonchev–Trinajstić information content (AvgIpc) is 2.48. The van der Waals surface area contributed by atoms with E-state index in [1.54, 1.807) is 11.0 Å². The average molecular weight is 263 g/mol. The molecule has 1 fully saturated rings. The molecule has 2 aliphatic rings. The molecule has 1 unspecified atom stereocenters. The molecule has 2 heterocycles. The highest BCUT2D eigenvalue weighted by molar-refractivity contribution is 5.73. The Morgan fingerprint density at radius 2 is 2.21 bits per heavy atom. The van der Waals surface area contributed by atoms with Crippen molar-refractivity contribution in [3.05, 3.63) is 35.8 Å². The van der Waals surface area contributed by atoms with E-state index in [0.717, 1.165) is 19.3 Å². The van der Waals surface area contributed by atoms with Gasteiger partial charge >= 0.3 is 6.09 Å². The van der Waals surface area contributed by atoms with Gasteiger partial charge in [-0.15, -0.1) is 0 Å². The molecule has 1 atom stereocenters. The van der Waals surface area contributed by atoms with E-state index in [4.69, 9.17) is 9.47 Å². The number of benzene rings is 1. The van der Waals surface area contributed by atoms with Crippen molar-refractivity contribution in [2.24, 2.45) is 0 Å². The zero-order valence-corrected chi connectivity index (χ0v) is 10.3. The van der Waals surface area contributed by atoms with Crippen LogP contribution in [0.3, 0.4) is 0 Å². The van der Waals surface area contributed by atoms with Crippen LogP contribution in [0.1, 0.15) is 24.8 Å². The molecule has 0 radical (unpaired) electrons. The first-order valence-electron chi connectivity index (χ1n) is 6.35. The highest BCUT2D eigenvalue weighted by atomic mass is 19.1. The summed E-state index contributed by atoms with van der Waals surface area (Å²) >= 11 is 0. The normalized spacial score (nSPS) is 23.9. The molecule has 1 aromatic rings. The lowest BCUT2D eigenvalue weighted by atomic mass is 10.1. The first kappa shape index (κ1) is 12.0. The number of nitrogens with zero attached hydrogens (tertiary/aromatic N) is 1. The fourth-order valence-electron chi connectivity index (χ4n) is 2.37. The molecule has 2 aliphatic heterocycles. The summed E-state index contributed by atoms with van der Waals surface area (Å²) < 4.78 is 24.5. The molecule has 3 rings (SSSR count). The van der Waals surface area contributed by atoms with Crippen LogP contribution in [0.15, 0.2) is 24.5 Å². The van der Waals surface area contributed by atoms with Gasteiger partial charge in [0.1, 0.15) is 11.6 Å². The molecule has 1 saturated heterocycles. The maximum Gasteiger partial charge on any atom is 0.418 e. The van der Waals surface area contributed by atoms with Gasteiger partial charge in [-0.1, -0.05) is 6.07 Å². The molecule has 1 aromatic carbocycles. The van der Waals surface area contributed by atoms with Crippen LogP contribution in [0.4, 0.5) is 9.18 Å².